The van der Waals surface area contributed by atoms with Crippen molar-refractivity contribution in [2.45, 2.75) is 25.2 Å². The molecule has 28 heavy (non-hydrogen) atoms. The Hall–Kier alpha value is -3.30. The van der Waals surface area contributed by atoms with Crippen molar-refractivity contribution in [2.75, 3.05) is 18.4 Å². The molecule has 3 heterocycles. The van der Waals surface area contributed by atoms with Gasteiger partial charge in [0.05, 0.1) is 5.69 Å². The number of carbonyl (C=O) groups is 1. The molecular formula is C18H17F2N5O3. The van der Waals surface area contributed by atoms with Crippen LogP contribution < -0.4 is 5.32 Å². The van der Waals surface area contributed by atoms with E-state index < -0.39 is 12.3 Å². The molecule has 8 nitrogen and oxygen atoms in total. The highest BCUT2D eigenvalue weighted by atomic mass is 19.3. The van der Waals surface area contributed by atoms with Crippen LogP contribution in [0.1, 0.15) is 36.8 Å². The monoisotopic (exact) mass is 389 g/mol. The van der Waals surface area contributed by atoms with Crippen molar-refractivity contribution in [1.29, 1.82) is 0 Å². The Morgan fingerprint density at radius 1 is 1.14 bits per heavy atom. The van der Waals surface area contributed by atoms with Crippen LogP contribution in [-0.2, 0) is 0 Å². The number of amides is 2. The van der Waals surface area contributed by atoms with E-state index in [1.54, 1.807) is 35.4 Å². The van der Waals surface area contributed by atoms with E-state index >= 15 is 0 Å². The van der Waals surface area contributed by atoms with Crippen molar-refractivity contribution < 1.29 is 22.6 Å². The maximum Gasteiger partial charge on any atom is 0.321 e. The fourth-order valence-electron chi connectivity index (χ4n) is 3.16. The van der Waals surface area contributed by atoms with Crippen molar-refractivity contribution in [3.63, 3.8) is 0 Å². The Bertz CT molecular complexity index is 919. The number of benzene rings is 1. The van der Waals surface area contributed by atoms with E-state index in [1.807, 2.05) is 6.07 Å². The van der Waals surface area contributed by atoms with Crippen LogP contribution in [0, 0.1) is 0 Å². The smallest absolute Gasteiger partial charge is 0.321 e. The number of likely N-dealkylation sites (tertiary alicyclic amines) is 1. The van der Waals surface area contributed by atoms with Gasteiger partial charge < -0.3 is 19.3 Å². The largest absolute Gasteiger partial charge is 0.365 e. The fraction of sp³-hybridized carbons (Fsp3) is 0.333. The zero-order chi connectivity index (χ0) is 19.5. The first-order valence-electron chi connectivity index (χ1n) is 8.78. The molecule has 0 spiro atoms. The summed E-state index contributed by atoms with van der Waals surface area (Å²) >= 11 is 0. The quantitative estimate of drug-likeness (QED) is 0.722. The molecule has 1 aliphatic rings. The van der Waals surface area contributed by atoms with E-state index in [9.17, 15) is 13.6 Å². The minimum Gasteiger partial charge on any atom is -0.365 e. The molecule has 3 aromatic rings. The molecular weight excluding hydrogens is 372 g/mol. The summed E-state index contributed by atoms with van der Waals surface area (Å²) in [5, 5.41) is 10.3. The lowest BCUT2D eigenvalue weighted by Crippen LogP contribution is -2.40. The maximum atomic E-state index is 12.5. The molecule has 1 N–H and O–H groups in total. The van der Waals surface area contributed by atoms with Gasteiger partial charge in [0, 0.05) is 36.3 Å². The second kappa shape index (κ2) is 7.75. The first-order valence-corrected chi connectivity index (χ1v) is 8.78. The van der Waals surface area contributed by atoms with Gasteiger partial charge in [0.2, 0.25) is 5.82 Å². The second-order valence-electron chi connectivity index (χ2n) is 6.45. The molecule has 0 atom stereocenters. The van der Waals surface area contributed by atoms with Gasteiger partial charge in [-0.1, -0.05) is 10.3 Å². The van der Waals surface area contributed by atoms with Gasteiger partial charge in [-0.2, -0.15) is 13.8 Å². The van der Waals surface area contributed by atoms with E-state index in [-0.39, 0.29) is 11.9 Å². The molecule has 146 valence electrons. The van der Waals surface area contributed by atoms with Crippen LogP contribution in [0.5, 0.6) is 0 Å². The van der Waals surface area contributed by atoms with Crippen molar-refractivity contribution in [2.24, 2.45) is 0 Å². The summed E-state index contributed by atoms with van der Waals surface area (Å²) in [5.41, 5.74) is 2.03. The zero-order valence-corrected chi connectivity index (χ0v) is 14.7. The van der Waals surface area contributed by atoms with Gasteiger partial charge in [0.25, 0.3) is 5.89 Å². The van der Waals surface area contributed by atoms with Crippen LogP contribution in [0.25, 0.3) is 11.4 Å². The third kappa shape index (κ3) is 3.85. The van der Waals surface area contributed by atoms with Crippen LogP contribution in [0.4, 0.5) is 19.3 Å². The second-order valence-corrected chi connectivity index (χ2v) is 6.45. The summed E-state index contributed by atoms with van der Waals surface area (Å²) < 4.78 is 34.4. The van der Waals surface area contributed by atoms with Crippen molar-refractivity contribution in [3.05, 3.63) is 48.2 Å². The minimum absolute atomic E-state index is 0.0723. The van der Waals surface area contributed by atoms with E-state index in [4.69, 9.17) is 4.52 Å². The first kappa shape index (κ1) is 18.1. The number of nitrogens with one attached hydrogen (secondary N) is 1. The van der Waals surface area contributed by atoms with Gasteiger partial charge in [-0.3, -0.25) is 0 Å². The predicted octanol–water partition coefficient (Wildman–Crippen LogP) is 4.07. The summed E-state index contributed by atoms with van der Waals surface area (Å²) in [6.45, 7) is 1.25. The fourth-order valence-corrected chi connectivity index (χ4v) is 3.16. The third-order valence-corrected chi connectivity index (χ3v) is 4.68. The first-order chi connectivity index (χ1) is 13.6. The Kier molecular flexibility index (Phi) is 5.00. The molecule has 1 aromatic carbocycles. The zero-order valence-electron chi connectivity index (χ0n) is 14.7. The Balaban J connectivity index is 1.33. The van der Waals surface area contributed by atoms with Gasteiger partial charge >= 0.3 is 12.5 Å². The van der Waals surface area contributed by atoms with E-state index in [0.717, 1.165) is 18.5 Å². The number of urea groups is 1. The standard InChI is InChI=1S/C18H17F2N5O3/c19-15(20)17-22-16(24-28-17)12-1-3-13(4-2-12)21-18(26)25-8-5-11(6-9-25)14-7-10-27-23-14/h1-4,7,10-11,15H,5-6,8-9H2,(H,21,26). The highest BCUT2D eigenvalue weighted by Gasteiger charge is 2.25. The number of alkyl halides is 2. The Morgan fingerprint density at radius 3 is 2.50 bits per heavy atom. The third-order valence-electron chi connectivity index (χ3n) is 4.68. The normalized spacial score (nSPS) is 15.2. The lowest BCUT2D eigenvalue weighted by atomic mass is 9.94. The summed E-state index contributed by atoms with van der Waals surface area (Å²) in [4.78, 5) is 17.8. The average molecular weight is 389 g/mol. The number of hydrogen-bond donors (Lipinski definition) is 1. The van der Waals surface area contributed by atoms with Gasteiger partial charge in [0.15, 0.2) is 0 Å². The molecule has 10 heteroatoms. The van der Waals surface area contributed by atoms with Crippen molar-refractivity contribution >= 4 is 11.7 Å². The average Bonchev–Trinajstić information content (AvgIpc) is 3.41. The molecule has 2 amide bonds. The topological polar surface area (TPSA) is 97.3 Å². The molecule has 4 rings (SSSR count). The predicted molar refractivity (Wildman–Crippen MR) is 93.8 cm³/mol. The highest BCUT2D eigenvalue weighted by Crippen LogP contribution is 2.27. The van der Waals surface area contributed by atoms with E-state index in [0.29, 0.717) is 30.3 Å². The molecule has 0 bridgehead atoms. The number of nitrogens with zero attached hydrogens (tertiary/aromatic N) is 4. The summed E-state index contributed by atoms with van der Waals surface area (Å²) in [7, 11) is 0. The Labute approximate surface area is 158 Å². The lowest BCUT2D eigenvalue weighted by Gasteiger charge is -2.31. The molecule has 1 fully saturated rings. The number of hydrogen-bond acceptors (Lipinski definition) is 6. The van der Waals surface area contributed by atoms with Crippen LogP contribution in [-0.4, -0.2) is 39.3 Å². The minimum atomic E-state index is -2.81. The molecule has 2 aromatic heterocycles. The molecule has 0 unspecified atom stereocenters. The summed E-state index contributed by atoms with van der Waals surface area (Å²) in [6.07, 6.45) is 0.390. The van der Waals surface area contributed by atoms with Crippen LogP contribution in [0.3, 0.4) is 0 Å². The summed E-state index contributed by atoms with van der Waals surface area (Å²) in [6, 6.07) is 8.25. The number of carbonyl (C=O) groups excluding carboxylic acids is 1. The molecule has 1 saturated heterocycles. The van der Waals surface area contributed by atoms with E-state index in [1.165, 1.54) is 0 Å². The van der Waals surface area contributed by atoms with Crippen LogP contribution in [0.2, 0.25) is 0 Å². The number of aromatic nitrogens is 3. The maximum absolute atomic E-state index is 12.5. The number of piperidine rings is 1. The summed E-state index contributed by atoms with van der Waals surface area (Å²) in [5.74, 6) is -0.348. The van der Waals surface area contributed by atoms with Crippen molar-refractivity contribution in [3.8, 4) is 11.4 Å². The van der Waals surface area contributed by atoms with Gasteiger partial charge in [-0.15, -0.1) is 0 Å². The number of anilines is 1. The molecule has 1 aliphatic heterocycles. The van der Waals surface area contributed by atoms with Crippen LogP contribution >= 0.6 is 0 Å². The van der Waals surface area contributed by atoms with Gasteiger partial charge in [-0.05, 0) is 37.1 Å². The lowest BCUT2D eigenvalue weighted by molar-refractivity contribution is 0.106. The van der Waals surface area contributed by atoms with Crippen molar-refractivity contribution in [1.82, 2.24) is 20.2 Å². The molecule has 0 radical (unpaired) electrons. The van der Waals surface area contributed by atoms with Crippen LogP contribution in [0.15, 0.2) is 45.6 Å². The SMILES string of the molecule is O=C(Nc1ccc(-c2noc(C(F)F)n2)cc1)N1CCC(c2ccon2)CC1. The molecule has 0 aliphatic carbocycles. The van der Waals surface area contributed by atoms with E-state index in [2.05, 4.69) is 25.1 Å². The van der Waals surface area contributed by atoms with Gasteiger partial charge in [-0.25, -0.2) is 4.79 Å². The highest BCUT2D eigenvalue weighted by molar-refractivity contribution is 5.89. The number of halogens is 2. The van der Waals surface area contributed by atoms with Gasteiger partial charge in [0.1, 0.15) is 6.26 Å². The number of rotatable bonds is 4. The molecule has 0 saturated carbocycles. The Morgan fingerprint density at radius 2 is 1.89 bits per heavy atom.